The Morgan fingerprint density at radius 1 is 1.28 bits per heavy atom. The fourth-order valence-corrected chi connectivity index (χ4v) is 1.47. The summed E-state index contributed by atoms with van der Waals surface area (Å²) in [5.74, 6) is 0.0992. The predicted molar refractivity (Wildman–Crippen MR) is 63.3 cm³/mol. The molecule has 0 fully saturated rings. The largest absolute Gasteiger partial charge is 0.406 e. The van der Waals surface area contributed by atoms with Crippen molar-refractivity contribution < 1.29 is 13.2 Å². The first-order valence-electron chi connectivity index (χ1n) is 5.62. The molecule has 1 rings (SSSR count). The molecule has 18 heavy (non-hydrogen) atoms. The number of hydrogen-bond donors (Lipinski definition) is 1. The molecule has 1 N–H and O–H groups in total. The van der Waals surface area contributed by atoms with Gasteiger partial charge in [0, 0.05) is 30.5 Å². The highest BCUT2D eigenvalue weighted by Gasteiger charge is 2.33. The Bertz CT molecular complexity index is 362. The van der Waals surface area contributed by atoms with Crippen LogP contribution >= 0.6 is 0 Å². The van der Waals surface area contributed by atoms with Gasteiger partial charge in [-0.25, -0.2) is 9.97 Å². The quantitative estimate of drug-likeness (QED) is 0.881. The van der Waals surface area contributed by atoms with Crippen molar-refractivity contribution in [3.05, 3.63) is 18.0 Å². The van der Waals surface area contributed by atoms with Gasteiger partial charge in [-0.15, -0.1) is 0 Å². The summed E-state index contributed by atoms with van der Waals surface area (Å²) in [4.78, 5) is 9.08. The number of nitrogens with one attached hydrogen (secondary N) is 1. The van der Waals surface area contributed by atoms with E-state index in [1.54, 1.807) is 20.9 Å². The van der Waals surface area contributed by atoms with Crippen LogP contribution in [0, 0.1) is 0 Å². The van der Waals surface area contributed by atoms with Gasteiger partial charge in [-0.1, -0.05) is 0 Å². The topological polar surface area (TPSA) is 41.1 Å². The summed E-state index contributed by atoms with van der Waals surface area (Å²) in [6.45, 7) is 2.89. The Hall–Kier alpha value is -1.37. The minimum Gasteiger partial charge on any atom is -0.329 e. The van der Waals surface area contributed by atoms with Gasteiger partial charge in [0.15, 0.2) is 0 Å². The minimum atomic E-state index is -4.27. The van der Waals surface area contributed by atoms with E-state index < -0.39 is 12.7 Å². The van der Waals surface area contributed by atoms with Gasteiger partial charge in [0.25, 0.3) is 0 Å². The predicted octanol–water partition coefficient (Wildman–Crippen LogP) is 1.97. The lowest BCUT2D eigenvalue weighted by Gasteiger charge is -2.27. The van der Waals surface area contributed by atoms with Crippen molar-refractivity contribution in [2.24, 2.45) is 0 Å². The molecule has 0 saturated carbocycles. The smallest absolute Gasteiger partial charge is 0.329 e. The van der Waals surface area contributed by atoms with E-state index in [2.05, 4.69) is 15.3 Å². The van der Waals surface area contributed by atoms with Crippen molar-refractivity contribution >= 4 is 5.95 Å². The van der Waals surface area contributed by atoms with Gasteiger partial charge in [-0.05, 0) is 20.9 Å². The molecule has 4 nitrogen and oxygen atoms in total. The van der Waals surface area contributed by atoms with E-state index in [9.17, 15) is 13.2 Å². The van der Waals surface area contributed by atoms with Crippen LogP contribution in [0.3, 0.4) is 0 Å². The zero-order valence-corrected chi connectivity index (χ0v) is 10.6. The monoisotopic (exact) mass is 262 g/mol. The molecule has 0 aliphatic heterocycles. The molecular weight excluding hydrogens is 245 g/mol. The van der Waals surface area contributed by atoms with Crippen LogP contribution in [-0.4, -0.2) is 35.8 Å². The van der Waals surface area contributed by atoms with Crippen molar-refractivity contribution in [3.63, 3.8) is 0 Å². The molecule has 0 aromatic carbocycles. The molecular formula is C11H17F3N4. The molecule has 0 aliphatic rings. The van der Waals surface area contributed by atoms with Gasteiger partial charge >= 0.3 is 6.18 Å². The highest BCUT2D eigenvalue weighted by molar-refractivity contribution is 5.31. The Morgan fingerprint density at radius 2 is 1.83 bits per heavy atom. The zero-order valence-electron chi connectivity index (χ0n) is 10.6. The van der Waals surface area contributed by atoms with Crippen LogP contribution in [0.25, 0.3) is 0 Å². The highest BCUT2D eigenvalue weighted by atomic mass is 19.4. The van der Waals surface area contributed by atoms with Gasteiger partial charge in [0.05, 0.1) is 0 Å². The van der Waals surface area contributed by atoms with Gasteiger partial charge in [0.2, 0.25) is 5.95 Å². The van der Waals surface area contributed by atoms with Crippen molar-refractivity contribution in [1.29, 1.82) is 0 Å². The van der Waals surface area contributed by atoms with Crippen LogP contribution < -0.4 is 10.2 Å². The molecule has 0 spiro atoms. The molecule has 0 aliphatic carbocycles. The maximum atomic E-state index is 12.4. The normalized spacial score (nSPS) is 11.9. The van der Waals surface area contributed by atoms with E-state index in [0.717, 1.165) is 10.5 Å². The lowest BCUT2D eigenvalue weighted by atomic mass is 10.3. The molecule has 1 heterocycles. The molecule has 0 unspecified atom stereocenters. The van der Waals surface area contributed by atoms with Crippen molar-refractivity contribution in [2.75, 3.05) is 18.5 Å². The number of aromatic nitrogens is 2. The second-order valence-electron chi connectivity index (χ2n) is 4.26. The number of rotatable bonds is 5. The first-order chi connectivity index (χ1) is 8.33. The molecule has 102 valence electrons. The van der Waals surface area contributed by atoms with Crippen LogP contribution in [0.4, 0.5) is 19.1 Å². The van der Waals surface area contributed by atoms with E-state index in [1.807, 2.05) is 0 Å². The number of nitrogens with zero attached hydrogens (tertiary/aromatic N) is 3. The lowest BCUT2D eigenvalue weighted by molar-refractivity contribution is -0.120. The maximum absolute atomic E-state index is 12.4. The average molecular weight is 262 g/mol. The van der Waals surface area contributed by atoms with Crippen molar-refractivity contribution in [2.45, 2.75) is 32.6 Å². The molecule has 0 amide bonds. The maximum Gasteiger partial charge on any atom is 0.406 e. The molecule has 1 aromatic heterocycles. The number of hydrogen-bond acceptors (Lipinski definition) is 4. The van der Waals surface area contributed by atoms with Gasteiger partial charge in [-0.2, -0.15) is 13.2 Å². The zero-order chi connectivity index (χ0) is 13.8. The Balaban J connectivity index is 2.86. The van der Waals surface area contributed by atoms with Gasteiger partial charge in [0.1, 0.15) is 6.54 Å². The Labute approximate surface area is 104 Å². The summed E-state index contributed by atoms with van der Waals surface area (Å²) in [7, 11) is 1.78. The lowest BCUT2D eigenvalue weighted by Crippen LogP contribution is -2.40. The molecule has 1 aromatic rings. The summed E-state index contributed by atoms with van der Waals surface area (Å²) in [5, 5.41) is 2.92. The summed E-state index contributed by atoms with van der Waals surface area (Å²) >= 11 is 0. The van der Waals surface area contributed by atoms with Crippen LogP contribution in [0.2, 0.25) is 0 Å². The SMILES string of the molecule is CNCc1cnc(N(CC(F)(F)F)C(C)C)nc1. The first kappa shape index (κ1) is 14.7. The Kier molecular flexibility index (Phi) is 4.89. The van der Waals surface area contributed by atoms with Crippen LogP contribution in [-0.2, 0) is 6.54 Å². The third-order valence-corrected chi connectivity index (χ3v) is 2.30. The fourth-order valence-electron chi connectivity index (χ4n) is 1.47. The van der Waals surface area contributed by atoms with Crippen molar-refractivity contribution in [3.8, 4) is 0 Å². The number of alkyl halides is 3. The second kappa shape index (κ2) is 5.99. The number of halogens is 3. The van der Waals surface area contributed by atoms with Gasteiger partial charge in [-0.3, -0.25) is 0 Å². The average Bonchev–Trinajstić information content (AvgIpc) is 2.26. The molecule has 0 bridgehead atoms. The fraction of sp³-hybridized carbons (Fsp3) is 0.636. The second-order valence-corrected chi connectivity index (χ2v) is 4.26. The Morgan fingerprint density at radius 3 is 2.22 bits per heavy atom. The summed E-state index contributed by atoms with van der Waals surface area (Å²) in [6.07, 6.45) is -1.20. The standard InChI is InChI=1S/C11H17F3N4/c1-8(2)18(7-11(12,13)14)10-16-5-9(4-15-3)6-17-10/h5-6,8,15H,4,7H2,1-3H3. The summed E-state index contributed by atoms with van der Waals surface area (Å²) in [5.41, 5.74) is 0.831. The van der Waals surface area contributed by atoms with E-state index >= 15 is 0 Å². The molecule has 0 saturated heterocycles. The number of anilines is 1. The molecule has 0 radical (unpaired) electrons. The van der Waals surface area contributed by atoms with E-state index in [1.165, 1.54) is 12.4 Å². The van der Waals surface area contributed by atoms with E-state index in [-0.39, 0.29) is 12.0 Å². The van der Waals surface area contributed by atoms with Crippen LogP contribution in [0.15, 0.2) is 12.4 Å². The molecule has 7 heteroatoms. The van der Waals surface area contributed by atoms with Crippen LogP contribution in [0.1, 0.15) is 19.4 Å². The van der Waals surface area contributed by atoms with Crippen molar-refractivity contribution in [1.82, 2.24) is 15.3 Å². The molecule has 0 atom stereocenters. The van der Waals surface area contributed by atoms with Crippen LogP contribution in [0.5, 0.6) is 0 Å². The first-order valence-corrected chi connectivity index (χ1v) is 5.62. The van der Waals surface area contributed by atoms with E-state index in [0.29, 0.717) is 6.54 Å². The summed E-state index contributed by atoms with van der Waals surface area (Å²) in [6, 6.07) is -0.318. The van der Waals surface area contributed by atoms with Gasteiger partial charge < -0.3 is 10.2 Å². The minimum absolute atomic E-state index is 0.0992. The van der Waals surface area contributed by atoms with E-state index in [4.69, 9.17) is 0 Å². The third kappa shape index (κ3) is 4.48. The highest BCUT2D eigenvalue weighted by Crippen LogP contribution is 2.21. The summed E-state index contributed by atoms with van der Waals surface area (Å²) < 4.78 is 37.3. The third-order valence-electron chi connectivity index (χ3n) is 2.30.